The second-order valence-corrected chi connectivity index (χ2v) is 4.58. The predicted octanol–water partition coefficient (Wildman–Crippen LogP) is 2.02. The molecule has 0 aromatic heterocycles. The van der Waals surface area contributed by atoms with Crippen LogP contribution in [0.2, 0.25) is 0 Å². The Morgan fingerprint density at radius 1 is 1.50 bits per heavy atom. The maximum absolute atomic E-state index is 11.9. The van der Waals surface area contributed by atoms with Crippen LogP contribution in [0.25, 0.3) is 0 Å². The lowest BCUT2D eigenvalue weighted by Crippen LogP contribution is -2.46. The van der Waals surface area contributed by atoms with E-state index in [1.165, 1.54) is 0 Å². The Bertz CT molecular complexity index is 248. The molecule has 3 nitrogen and oxygen atoms in total. The van der Waals surface area contributed by atoms with E-state index in [1.54, 1.807) is 0 Å². The molecule has 0 bridgehead atoms. The van der Waals surface area contributed by atoms with Gasteiger partial charge in [0.05, 0.1) is 6.61 Å². The Hall–Kier alpha value is -0.670. The lowest BCUT2D eigenvalue weighted by Gasteiger charge is -2.31. The van der Waals surface area contributed by atoms with Crippen molar-refractivity contribution in [3.8, 4) is 0 Å². The van der Waals surface area contributed by atoms with Crippen LogP contribution in [0.15, 0.2) is 12.2 Å². The maximum Gasteiger partial charge on any atom is 0.163 e. The summed E-state index contributed by atoms with van der Waals surface area (Å²) in [7, 11) is 0. The predicted molar refractivity (Wildman–Crippen MR) is 65.5 cm³/mol. The van der Waals surface area contributed by atoms with Crippen LogP contribution in [-0.4, -0.2) is 43.0 Å². The van der Waals surface area contributed by atoms with Crippen LogP contribution in [0, 0.1) is 0 Å². The van der Waals surface area contributed by atoms with E-state index in [9.17, 15) is 4.79 Å². The minimum absolute atomic E-state index is 0.209. The molecule has 1 heterocycles. The third-order valence-electron chi connectivity index (χ3n) is 2.85. The van der Waals surface area contributed by atoms with Gasteiger partial charge >= 0.3 is 0 Å². The molecule has 92 valence electrons. The Kier molecular flexibility index (Phi) is 5.71. The van der Waals surface area contributed by atoms with Gasteiger partial charge in [0.15, 0.2) is 5.78 Å². The van der Waals surface area contributed by atoms with Crippen LogP contribution in [0.1, 0.15) is 33.1 Å². The first-order valence-electron chi connectivity index (χ1n) is 6.14. The van der Waals surface area contributed by atoms with Crippen molar-refractivity contribution < 1.29 is 9.53 Å². The number of carbonyl (C=O) groups excluding carboxylic acids is 1. The van der Waals surface area contributed by atoms with Crippen LogP contribution in [-0.2, 0) is 9.53 Å². The van der Waals surface area contributed by atoms with E-state index < -0.39 is 0 Å². The van der Waals surface area contributed by atoms with E-state index in [1.807, 2.05) is 6.92 Å². The average molecular weight is 225 g/mol. The van der Waals surface area contributed by atoms with Crippen LogP contribution < -0.4 is 0 Å². The second-order valence-electron chi connectivity index (χ2n) is 4.58. The molecule has 1 aliphatic rings. The number of morpholine rings is 1. The first-order valence-corrected chi connectivity index (χ1v) is 6.14. The van der Waals surface area contributed by atoms with Gasteiger partial charge in [0.25, 0.3) is 0 Å². The van der Waals surface area contributed by atoms with Crippen molar-refractivity contribution in [2.75, 3.05) is 26.2 Å². The minimum Gasteiger partial charge on any atom is -0.368 e. The number of rotatable bonds is 6. The molecule has 16 heavy (non-hydrogen) atoms. The van der Waals surface area contributed by atoms with Crippen molar-refractivity contribution >= 4 is 5.78 Å². The molecular formula is C13H23NO2. The summed E-state index contributed by atoms with van der Waals surface area (Å²) in [5.74, 6) is 0.226. The summed E-state index contributed by atoms with van der Waals surface area (Å²) in [6.45, 7) is 11.4. The van der Waals surface area contributed by atoms with Gasteiger partial charge in [-0.05, 0) is 26.3 Å². The van der Waals surface area contributed by atoms with Crippen LogP contribution in [0.5, 0.6) is 0 Å². The monoisotopic (exact) mass is 225 g/mol. The molecule has 1 fully saturated rings. The normalized spacial score (nSPS) is 22.0. The Morgan fingerprint density at radius 2 is 2.25 bits per heavy atom. The Labute approximate surface area is 98.5 Å². The molecule has 0 amide bonds. The molecule has 3 heteroatoms. The van der Waals surface area contributed by atoms with Crippen molar-refractivity contribution in [1.29, 1.82) is 0 Å². The molecule has 1 atom stereocenters. The second kappa shape index (κ2) is 6.81. The van der Waals surface area contributed by atoms with Gasteiger partial charge in [-0.1, -0.05) is 12.5 Å². The fraction of sp³-hybridized carbons (Fsp3) is 0.769. The van der Waals surface area contributed by atoms with Crippen molar-refractivity contribution in [3.05, 3.63) is 12.2 Å². The van der Waals surface area contributed by atoms with Gasteiger partial charge in [-0.2, -0.15) is 0 Å². The summed E-state index contributed by atoms with van der Waals surface area (Å²) in [4.78, 5) is 14.2. The SMILES string of the molecule is C=C(C)CCC(=O)C1CN(CCC)CCO1. The van der Waals surface area contributed by atoms with E-state index in [0.717, 1.165) is 38.0 Å². The van der Waals surface area contributed by atoms with Gasteiger partial charge in [-0.3, -0.25) is 9.69 Å². The summed E-state index contributed by atoms with van der Waals surface area (Å²) >= 11 is 0. The fourth-order valence-corrected chi connectivity index (χ4v) is 1.91. The van der Waals surface area contributed by atoms with E-state index in [4.69, 9.17) is 4.74 Å². The average Bonchev–Trinajstić information content (AvgIpc) is 2.26. The highest BCUT2D eigenvalue weighted by Gasteiger charge is 2.25. The number of ether oxygens (including phenoxy) is 1. The van der Waals surface area contributed by atoms with Gasteiger partial charge < -0.3 is 4.74 Å². The summed E-state index contributed by atoms with van der Waals surface area (Å²) in [5, 5.41) is 0. The lowest BCUT2D eigenvalue weighted by atomic mass is 10.1. The van der Waals surface area contributed by atoms with E-state index in [0.29, 0.717) is 13.0 Å². The first kappa shape index (κ1) is 13.4. The number of nitrogens with zero attached hydrogens (tertiary/aromatic N) is 1. The van der Waals surface area contributed by atoms with Crippen LogP contribution in [0.4, 0.5) is 0 Å². The first-order chi connectivity index (χ1) is 7.63. The molecule has 0 radical (unpaired) electrons. The number of hydrogen-bond donors (Lipinski definition) is 0. The topological polar surface area (TPSA) is 29.5 Å². The number of carbonyl (C=O) groups is 1. The van der Waals surface area contributed by atoms with E-state index >= 15 is 0 Å². The third-order valence-corrected chi connectivity index (χ3v) is 2.85. The van der Waals surface area contributed by atoms with Crippen molar-refractivity contribution in [2.45, 2.75) is 39.2 Å². The molecule has 0 aliphatic carbocycles. The molecule has 1 unspecified atom stereocenters. The standard InChI is InChI=1S/C13H23NO2/c1-4-7-14-8-9-16-13(10-14)12(15)6-5-11(2)3/h13H,2,4-10H2,1,3H3. The highest BCUT2D eigenvalue weighted by atomic mass is 16.5. The van der Waals surface area contributed by atoms with Crippen LogP contribution >= 0.6 is 0 Å². The Balaban J connectivity index is 2.34. The van der Waals surface area contributed by atoms with Crippen molar-refractivity contribution in [3.63, 3.8) is 0 Å². The zero-order valence-corrected chi connectivity index (χ0v) is 10.5. The van der Waals surface area contributed by atoms with Gasteiger partial charge in [0.1, 0.15) is 6.10 Å². The number of hydrogen-bond acceptors (Lipinski definition) is 3. The molecule has 1 aliphatic heterocycles. The Morgan fingerprint density at radius 3 is 2.88 bits per heavy atom. The van der Waals surface area contributed by atoms with Gasteiger partial charge in [0.2, 0.25) is 0 Å². The fourth-order valence-electron chi connectivity index (χ4n) is 1.91. The molecule has 0 spiro atoms. The van der Waals surface area contributed by atoms with Gasteiger partial charge in [-0.25, -0.2) is 0 Å². The van der Waals surface area contributed by atoms with Crippen LogP contribution in [0.3, 0.4) is 0 Å². The van der Waals surface area contributed by atoms with Crippen molar-refractivity contribution in [2.24, 2.45) is 0 Å². The molecule has 0 N–H and O–H groups in total. The van der Waals surface area contributed by atoms with E-state index in [-0.39, 0.29) is 11.9 Å². The largest absolute Gasteiger partial charge is 0.368 e. The number of allylic oxidation sites excluding steroid dienone is 1. The highest BCUT2D eigenvalue weighted by Crippen LogP contribution is 2.11. The lowest BCUT2D eigenvalue weighted by molar-refractivity contribution is -0.136. The summed E-state index contributed by atoms with van der Waals surface area (Å²) in [5.41, 5.74) is 1.06. The third kappa shape index (κ3) is 4.45. The number of Topliss-reactive ketones (excluding diaryl/α,β-unsaturated/α-hetero) is 1. The minimum atomic E-state index is -0.209. The molecule has 1 rings (SSSR count). The quantitative estimate of drug-likeness (QED) is 0.648. The zero-order valence-electron chi connectivity index (χ0n) is 10.5. The molecule has 0 aromatic rings. The molecule has 0 saturated carbocycles. The summed E-state index contributed by atoms with van der Waals surface area (Å²) in [6, 6.07) is 0. The highest BCUT2D eigenvalue weighted by molar-refractivity contribution is 5.83. The molecule has 1 saturated heterocycles. The van der Waals surface area contributed by atoms with E-state index in [2.05, 4.69) is 18.4 Å². The summed E-state index contributed by atoms with van der Waals surface area (Å²) in [6.07, 6.45) is 2.28. The molecule has 0 aromatic carbocycles. The molecular weight excluding hydrogens is 202 g/mol. The smallest absolute Gasteiger partial charge is 0.163 e. The zero-order chi connectivity index (χ0) is 12.0. The maximum atomic E-state index is 11.9. The summed E-state index contributed by atoms with van der Waals surface area (Å²) < 4.78 is 5.53. The van der Waals surface area contributed by atoms with Gasteiger partial charge in [-0.15, -0.1) is 6.58 Å². The number of ketones is 1. The van der Waals surface area contributed by atoms with Gasteiger partial charge in [0, 0.05) is 19.5 Å². The van der Waals surface area contributed by atoms with Crippen molar-refractivity contribution in [1.82, 2.24) is 4.90 Å².